The van der Waals surface area contributed by atoms with Crippen molar-refractivity contribution in [3.63, 3.8) is 0 Å². The fourth-order valence-corrected chi connectivity index (χ4v) is 7.09. The third kappa shape index (κ3) is 1.84. The molecule has 0 aromatic carbocycles. The van der Waals surface area contributed by atoms with Crippen molar-refractivity contribution < 1.29 is 9.59 Å². The smallest absolute Gasteiger partial charge is 0.225 e. The first-order valence-corrected chi connectivity index (χ1v) is 9.45. The quantitative estimate of drug-likeness (QED) is 0.833. The van der Waals surface area contributed by atoms with Crippen molar-refractivity contribution in [2.24, 2.45) is 39.5 Å². The fraction of sp³-hybridized carbons (Fsp3) is 0.895. The van der Waals surface area contributed by atoms with Gasteiger partial charge >= 0.3 is 0 Å². The molecule has 2 amide bonds. The molecule has 4 N–H and O–H groups in total. The van der Waals surface area contributed by atoms with Crippen LogP contribution in [0.5, 0.6) is 0 Å². The highest BCUT2D eigenvalue weighted by molar-refractivity contribution is 6.01. The summed E-state index contributed by atoms with van der Waals surface area (Å²) in [5.74, 6) is -0.117. The molecule has 3 rings (SSSR count). The van der Waals surface area contributed by atoms with Gasteiger partial charge in [-0.15, -0.1) is 0 Å². The summed E-state index contributed by atoms with van der Waals surface area (Å²) in [6, 6.07) is 0. The third-order valence-electron chi connectivity index (χ3n) is 7.74. The van der Waals surface area contributed by atoms with Crippen LogP contribution >= 0.6 is 0 Å². The van der Waals surface area contributed by atoms with Crippen molar-refractivity contribution in [1.82, 2.24) is 0 Å². The van der Waals surface area contributed by atoms with Crippen molar-refractivity contribution in [2.45, 2.75) is 78.1 Å². The topological polar surface area (TPSA) is 86.2 Å². The highest BCUT2D eigenvalue weighted by Gasteiger charge is 2.90. The van der Waals surface area contributed by atoms with Gasteiger partial charge in [0.25, 0.3) is 0 Å². The standard InChI is InChI=1S/C19H32N2O2/c1-17(2)18(15(20)22,13-9-5-3-6-10-13)19(17,16(21)23)14-11-7-4-8-12-14/h13-14H,3-12H2,1-2H3,(H2,20,22)(H2,21,23). The van der Waals surface area contributed by atoms with Gasteiger partial charge in [-0.05, 0) is 42.9 Å². The van der Waals surface area contributed by atoms with Crippen LogP contribution in [0, 0.1) is 28.1 Å². The molecule has 0 aliphatic heterocycles. The van der Waals surface area contributed by atoms with E-state index in [2.05, 4.69) is 13.8 Å². The molecule has 2 atom stereocenters. The summed E-state index contributed by atoms with van der Waals surface area (Å²) in [6.45, 7) is 4.15. The van der Waals surface area contributed by atoms with Crippen molar-refractivity contribution in [3.8, 4) is 0 Å². The van der Waals surface area contributed by atoms with Gasteiger partial charge in [-0.2, -0.15) is 0 Å². The lowest BCUT2D eigenvalue weighted by Crippen LogP contribution is -2.46. The van der Waals surface area contributed by atoms with Crippen LogP contribution in [0.25, 0.3) is 0 Å². The Morgan fingerprint density at radius 2 is 1.00 bits per heavy atom. The first kappa shape index (κ1) is 16.8. The molecule has 0 aromatic rings. The molecule has 0 spiro atoms. The van der Waals surface area contributed by atoms with Crippen molar-refractivity contribution in [1.29, 1.82) is 0 Å². The lowest BCUT2D eigenvalue weighted by molar-refractivity contribution is -0.136. The number of hydrogen-bond acceptors (Lipinski definition) is 2. The zero-order valence-electron chi connectivity index (χ0n) is 14.7. The van der Waals surface area contributed by atoms with Gasteiger partial charge in [0, 0.05) is 0 Å². The minimum absolute atomic E-state index is 0.221. The van der Waals surface area contributed by atoms with Gasteiger partial charge in [0.15, 0.2) is 0 Å². The van der Waals surface area contributed by atoms with E-state index < -0.39 is 16.2 Å². The van der Waals surface area contributed by atoms with Crippen LogP contribution in [0.1, 0.15) is 78.1 Å². The molecule has 4 heteroatoms. The minimum Gasteiger partial charge on any atom is -0.369 e. The van der Waals surface area contributed by atoms with Crippen LogP contribution in [0.3, 0.4) is 0 Å². The number of carbonyl (C=O) groups excluding carboxylic acids is 2. The first-order valence-electron chi connectivity index (χ1n) is 9.45. The van der Waals surface area contributed by atoms with E-state index in [0.717, 1.165) is 51.4 Å². The van der Waals surface area contributed by atoms with E-state index in [1.54, 1.807) is 0 Å². The molecule has 2 unspecified atom stereocenters. The van der Waals surface area contributed by atoms with Gasteiger partial charge < -0.3 is 11.5 Å². The maximum atomic E-state index is 12.8. The zero-order valence-corrected chi connectivity index (χ0v) is 14.7. The Morgan fingerprint density at radius 1 is 0.696 bits per heavy atom. The van der Waals surface area contributed by atoms with Crippen LogP contribution in [0.15, 0.2) is 0 Å². The molecule has 3 aliphatic carbocycles. The van der Waals surface area contributed by atoms with Gasteiger partial charge in [-0.1, -0.05) is 52.4 Å². The molecule has 3 saturated carbocycles. The van der Waals surface area contributed by atoms with Crippen LogP contribution in [-0.2, 0) is 9.59 Å². The molecule has 0 bridgehead atoms. The van der Waals surface area contributed by atoms with E-state index in [0.29, 0.717) is 0 Å². The summed E-state index contributed by atoms with van der Waals surface area (Å²) in [5.41, 5.74) is 10.2. The minimum atomic E-state index is -0.728. The predicted molar refractivity (Wildman–Crippen MR) is 90.2 cm³/mol. The summed E-state index contributed by atoms with van der Waals surface area (Å²) in [5, 5.41) is 0. The predicted octanol–water partition coefficient (Wildman–Crippen LogP) is 3.13. The van der Waals surface area contributed by atoms with Gasteiger partial charge in [0.1, 0.15) is 0 Å². The van der Waals surface area contributed by atoms with E-state index in [1.165, 1.54) is 12.8 Å². The Balaban J connectivity index is 2.10. The Bertz CT molecular complexity index is 459. The highest BCUT2D eigenvalue weighted by Crippen LogP contribution is 2.85. The first-order chi connectivity index (χ1) is 10.8. The second-order valence-corrected chi connectivity index (χ2v) is 8.64. The van der Waals surface area contributed by atoms with Crippen LogP contribution in [0.4, 0.5) is 0 Å². The SMILES string of the molecule is CC1(C)C(C(N)=O)(C2CCCCC2)C1(C(N)=O)C1CCCCC1. The Hall–Kier alpha value is -1.06. The van der Waals surface area contributed by atoms with Gasteiger partial charge in [0.2, 0.25) is 11.8 Å². The highest BCUT2D eigenvalue weighted by atomic mass is 16.2. The molecule has 0 heterocycles. The van der Waals surface area contributed by atoms with Crippen LogP contribution in [-0.4, -0.2) is 11.8 Å². The third-order valence-corrected chi connectivity index (χ3v) is 7.74. The van der Waals surface area contributed by atoms with Crippen molar-refractivity contribution in [3.05, 3.63) is 0 Å². The maximum Gasteiger partial charge on any atom is 0.225 e. The molecule has 0 aromatic heterocycles. The average molecular weight is 320 g/mol. The summed E-state index contributed by atoms with van der Waals surface area (Å²) in [6.07, 6.45) is 11.0. The monoisotopic (exact) mass is 320 g/mol. The Labute approximate surface area is 139 Å². The maximum absolute atomic E-state index is 12.8. The van der Waals surface area contributed by atoms with Gasteiger partial charge in [0.05, 0.1) is 10.8 Å². The molecular formula is C19H32N2O2. The molecule has 3 aliphatic rings. The van der Waals surface area contributed by atoms with Gasteiger partial charge in [-0.25, -0.2) is 0 Å². The normalized spacial score (nSPS) is 38.2. The molecule has 130 valence electrons. The van der Waals surface area contributed by atoms with Crippen molar-refractivity contribution >= 4 is 11.8 Å². The number of rotatable bonds is 4. The fourth-order valence-electron chi connectivity index (χ4n) is 7.09. The summed E-state index contributed by atoms with van der Waals surface area (Å²) in [4.78, 5) is 25.6. The number of nitrogens with two attached hydrogens (primary N) is 2. The molecule has 0 radical (unpaired) electrons. The largest absolute Gasteiger partial charge is 0.369 e. The van der Waals surface area contributed by atoms with Crippen LogP contribution in [0.2, 0.25) is 0 Å². The van der Waals surface area contributed by atoms with Crippen LogP contribution < -0.4 is 11.5 Å². The molecule has 3 fully saturated rings. The summed E-state index contributed by atoms with van der Waals surface area (Å²) in [7, 11) is 0. The Morgan fingerprint density at radius 3 is 1.26 bits per heavy atom. The second-order valence-electron chi connectivity index (χ2n) is 8.64. The lowest BCUT2D eigenvalue weighted by Gasteiger charge is -2.37. The molecular weight excluding hydrogens is 288 g/mol. The van der Waals surface area contributed by atoms with Gasteiger partial charge in [-0.3, -0.25) is 9.59 Å². The van der Waals surface area contributed by atoms with E-state index in [9.17, 15) is 9.59 Å². The lowest BCUT2D eigenvalue weighted by atomic mass is 9.66. The van der Waals surface area contributed by atoms with E-state index >= 15 is 0 Å². The number of primary amides is 2. The van der Waals surface area contributed by atoms with E-state index in [4.69, 9.17) is 11.5 Å². The number of hydrogen-bond donors (Lipinski definition) is 2. The number of carbonyl (C=O) groups is 2. The summed E-state index contributed by atoms with van der Waals surface area (Å²) >= 11 is 0. The zero-order chi connectivity index (χ0) is 16.9. The number of amides is 2. The summed E-state index contributed by atoms with van der Waals surface area (Å²) < 4.78 is 0. The second kappa shape index (κ2) is 5.49. The van der Waals surface area contributed by atoms with E-state index in [-0.39, 0.29) is 23.7 Å². The van der Waals surface area contributed by atoms with Crippen molar-refractivity contribution in [2.75, 3.05) is 0 Å². The average Bonchev–Trinajstić information content (AvgIpc) is 3.02. The molecule has 23 heavy (non-hydrogen) atoms. The molecule has 0 saturated heterocycles. The molecule has 4 nitrogen and oxygen atoms in total. The van der Waals surface area contributed by atoms with E-state index in [1.807, 2.05) is 0 Å². The Kier molecular flexibility index (Phi) is 4.01.